The van der Waals surface area contributed by atoms with E-state index in [0.717, 1.165) is 38.5 Å². The number of ether oxygens (including phenoxy) is 1. The Bertz CT molecular complexity index is 610. The van der Waals surface area contributed by atoms with Gasteiger partial charge < -0.3 is 14.9 Å². The molecule has 0 bridgehead atoms. The van der Waals surface area contributed by atoms with Gasteiger partial charge in [-0.2, -0.15) is 0 Å². The van der Waals surface area contributed by atoms with Crippen LogP contribution in [-0.4, -0.2) is 41.9 Å². The monoisotopic (exact) mass is 376 g/mol. The molecule has 0 amide bonds. The molecule has 4 heteroatoms. The minimum Gasteiger partial charge on any atom is -0.396 e. The van der Waals surface area contributed by atoms with E-state index in [1.165, 1.54) is 0 Å². The molecule has 3 aliphatic rings. The largest absolute Gasteiger partial charge is 0.396 e. The van der Waals surface area contributed by atoms with Crippen LogP contribution in [0.2, 0.25) is 0 Å². The van der Waals surface area contributed by atoms with Crippen molar-refractivity contribution in [2.24, 2.45) is 28.1 Å². The van der Waals surface area contributed by atoms with Gasteiger partial charge in [-0.25, -0.2) is 0 Å². The third-order valence-corrected chi connectivity index (χ3v) is 8.88. The summed E-state index contributed by atoms with van der Waals surface area (Å²) in [6, 6.07) is 0. The lowest BCUT2D eigenvalue weighted by molar-refractivity contribution is -0.184. The molecule has 0 unspecified atom stereocenters. The number of fused-ring (bicyclic) bond motifs is 1. The van der Waals surface area contributed by atoms with E-state index in [9.17, 15) is 15.0 Å². The van der Waals surface area contributed by atoms with E-state index < -0.39 is 5.41 Å². The minimum absolute atomic E-state index is 0.0167. The Morgan fingerprint density at radius 3 is 2.63 bits per heavy atom. The van der Waals surface area contributed by atoms with E-state index >= 15 is 0 Å². The zero-order valence-corrected chi connectivity index (χ0v) is 17.2. The van der Waals surface area contributed by atoms with E-state index in [-0.39, 0.29) is 35.6 Å². The molecule has 0 saturated heterocycles. The van der Waals surface area contributed by atoms with Crippen molar-refractivity contribution in [3.8, 4) is 12.3 Å². The molecule has 0 aromatic rings. The maximum absolute atomic E-state index is 12.9. The molecule has 27 heavy (non-hydrogen) atoms. The van der Waals surface area contributed by atoms with E-state index in [1.807, 2.05) is 0 Å². The lowest BCUT2D eigenvalue weighted by Gasteiger charge is -2.60. The van der Waals surface area contributed by atoms with Crippen LogP contribution in [0.5, 0.6) is 0 Å². The quantitative estimate of drug-likeness (QED) is 0.722. The Morgan fingerprint density at radius 1 is 1.26 bits per heavy atom. The number of carbonyl (C=O) groups excluding carboxylic acids is 1. The van der Waals surface area contributed by atoms with Gasteiger partial charge >= 0.3 is 0 Å². The van der Waals surface area contributed by atoms with Crippen molar-refractivity contribution in [1.82, 2.24) is 0 Å². The normalized spacial score (nSPS) is 47.5. The summed E-state index contributed by atoms with van der Waals surface area (Å²) in [5, 5.41) is 19.9. The summed E-state index contributed by atoms with van der Waals surface area (Å²) >= 11 is 0. The van der Waals surface area contributed by atoms with Crippen LogP contribution in [0.1, 0.15) is 71.6 Å². The van der Waals surface area contributed by atoms with Crippen molar-refractivity contribution in [3.63, 3.8) is 0 Å². The lowest BCUT2D eigenvalue weighted by Crippen LogP contribution is -2.60. The van der Waals surface area contributed by atoms with Gasteiger partial charge in [0.2, 0.25) is 0 Å². The Morgan fingerprint density at radius 2 is 2.00 bits per heavy atom. The molecule has 0 spiro atoms. The molecule has 0 heterocycles. The molecular weight excluding hydrogens is 340 g/mol. The molecule has 0 aliphatic heterocycles. The highest BCUT2D eigenvalue weighted by atomic mass is 16.5. The Labute approximate surface area is 164 Å². The fourth-order valence-corrected chi connectivity index (χ4v) is 7.11. The number of aliphatic hydroxyl groups is 2. The number of methoxy groups -OCH3 is 1. The SMILES string of the molecule is C#CC[C@@]12CCC(=O)[C@@]1(C)CC[C@H]([C@@]1(C)CC[C@H](O)C[C@@H]1CCO)[C@H]2OC. The van der Waals surface area contributed by atoms with Gasteiger partial charge in [0.05, 0.1) is 12.2 Å². The van der Waals surface area contributed by atoms with Gasteiger partial charge in [0, 0.05) is 37.4 Å². The average molecular weight is 377 g/mol. The number of aliphatic hydroxyl groups excluding tert-OH is 2. The van der Waals surface area contributed by atoms with Crippen LogP contribution in [-0.2, 0) is 9.53 Å². The number of Topliss-reactive ketones (excluding diaryl/α,β-unsaturated/α-hetero) is 1. The fraction of sp³-hybridized carbons (Fsp3) is 0.870. The van der Waals surface area contributed by atoms with Crippen LogP contribution in [0.3, 0.4) is 0 Å². The average Bonchev–Trinajstić information content (AvgIpc) is 2.90. The van der Waals surface area contributed by atoms with Crippen molar-refractivity contribution < 1.29 is 19.7 Å². The summed E-state index contributed by atoms with van der Waals surface area (Å²) in [4.78, 5) is 12.9. The molecule has 7 atom stereocenters. The van der Waals surface area contributed by atoms with Gasteiger partial charge in [-0.15, -0.1) is 12.3 Å². The van der Waals surface area contributed by atoms with E-state index in [2.05, 4.69) is 19.8 Å². The second-order valence-electron chi connectivity index (χ2n) is 9.74. The molecule has 3 aliphatic carbocycles. The molecule has 0 aromatic heterocycles. The van der Waals surface area contributed by atoms with Crippen LogP contribution >= 0.6 is 0 Å². The number of rotatable bonds is 5. The van der Waals surface area contributed by atoms with Crippen LogP contribution < -0.4 is 0 Å². The first kappa shape index (κ1) is 20.8. The summed E-state index contributed by atoms with van der Waals surface area (Å²) in [6.45, 7) is 4.57. The summed E-state index contributed by atoms with van der Waals surface area (Å²) in [6.07, 6.45) is 12.4. The maximum atomic E-state index is 12.9. The molecule has 0 aromatic carbocycles. The van der Waals surface area contributed by atoms with Crippen molar-refractivity contribution in [3.05, 3.63) is 0 Å². The van der Waals surface area contributed by atoms with Gasteiger partial charge in [-0.3, -0.25) is 4.79 Å². The lowest BCUT2D eigenvalue weighted by atomic mass is 9.46. The van der Waals surface area contributed by atoms with Crippen molar-refractivity contribution >= 4 is 5.78 Å². The first-order valence-corrected chi connectivity index (χ1v) is 10.6. The second-order valence-corrected chi connectivity index (χ2v) is 9.74. The summed E-state index contributed by atoms with van der Waals surface area (Å²) in [5.41, 5.74) is -0.704. The van der Waals surface area contributed by atoms with Gasteiger partial charge in [0.1, 0.15) is 5.78 Å². The number of hydrogen-bond acceptors (Lipinski definition) is 4. The van der Waals surface area contributed by atoms with Crippen LogP contribution in [0, 0.1) is 40.4 Å². The molecule has 0 radical (unpaired) electrons. The van der Waals surface area contributed by atoms with Gasteiger partial charge in [-0.05, 0) is 62.2 Å². The first-order valence-electron chi connectivity index (χ1n) is 10.6. The van der Waals surface area contributed by atoms with Crippen molar-refractivity contribution in [2.75, 3.05) is 13.7 Å². The topological polar surface area (TPSA) is 66.8 Å². The third kappa shape index (κ3) is 2.98. The molecular formula is C23H36O4. The molecule has 3 rings (SSSR count). The van der Waals surface area contributed by atoms with Crippen molar-refractivity contribution in [2.45, 2.75) is 83.8 Å². The van der Waals surface area contributed by atoms with Crippen LogP contribution in [0.25, 0.3) is 0 Å². The van der Waals surface area contributed by atoms with E-state index in [4.69, 9.17) is 11.2 Å². The highest BCUT2D eigenvalue weighted by molar-refractivity contribution is 5.88. The Kier molecular flexibility index (Phi) is 5.79. The van der Waals surface area contributed by atoms with E-state index in [0.29, 0.717) is 31.0 Å². The molecule has 4 nitrogen and oxygen atoms in total. The van der Waals surface area contributed by atoms with Crippen LogP contribution in [0.4, 0.5) is 0 Å². The Hall–Kier alpha value is -0.890. The van der Waals surface area contributed by atoms with E-state index in [1.54, 1.807) is 7.11 Å². The second kappa shape index (κ2) is 7.50. The molecule has 152 valence electrons. The highest BCUT2D eigenvalue weighted by Gasteiger charge is 2.66. The van der Waals surface area contributed by atoms with Gasteiger partial charge in [0.15, 0.2) is 0 Å². The zero-order chi connectivity index (χ0) is 19.9. The summed E-state index contributed by atoms with van der Waals surface area (Å²) in [5.74, 6) is 3.77. The summed E-state index contributed by atoms with van der Waals surface area (Å²) < 4.78 is 6.19. The predicted molar refractivity (Wildman–Crippen MR) is 105 cm³/mol. The summed E-state index contributed by atoms with van der Waals surface area (Å²) in [7, 11) is 1.77. The molecule has 2 N–H and O–H groups in total. The Balaban J connectivity index is 2.01. The minimum atomic E-state index is -0.395. The highest BCUT2D eigenvalue weighted by Crippen LogP contribution is 2.66. The number of hydrogen-bond donors (Lipinski definition) is 2. The maximum Gasteiger partial charge on any atom is 0.139 e. The third-order valence-electron chi connectivity index (χ3n) is 8.88. The molecule has 3 fully saturated rings. The number of terminal acetylenes is 1. The van der Waals surface area contributed by atoms with Crippen LogP contribution in [0.15, 0.2) is 0 Å². The predicted octanol–water partition coefficient (Wildman–Crippen LogP) is 3.34. The van der Waals surface area contributed by atoms with Gasteiger partial charge in [0.25, 0.3) is 0 Å². The number of ketones is 1. The molecule has 3 saturated carbocycles. The van der Waals surface area contributed by atoms with Crippen molar-refractivity contribution in [1.29, 1.82) is 0 Å². The number of carbonyl (C=O) groups is 1. The smallest absolute Gasteiger partial charge is 0.139 e. The standard InChI is InChI=1S/C23H36O4/c1-5-10-23-13-8-19(26)22(23,3)12-7-18(20(23)27-4)21(2)11-6-17(25)15-16(21)9-14-24/h1,16-18,20,24-25H,6-15H2,2-4H3/t16-,17-,18-,20+,21-,22+,23-/m0/s1. The van der Waals surface area contributed by atoms with Gasteiger partial charge in [-0.1, -0.05) is 13.8 Å². The zero-order valence-electron chi connectivity index (χ0n) is 17.2. The fourth-order valence-electron chi connectivity index (χ4n) is 7.11. The first-order chi connectivity index (χ1) is 12.8.